The summed E-state index contributed by atoms with van der Waals surface area (Å²) in [4.78, 5) is 20.0. The van der Waals surface area contributed by atoms with E-state index in [1.807, 2.05) is 0 Å². The van der Waals surface area contributed by atoms with Gasteiger partial charge in [0.15, 0.2) is 0 Å². The number of carbonyl (C=O) groups excluding carboxylic acids is 1. The van der Waals surface area contributed by atoms with Crippen molar-refractivity contribution in [2.24, 2.45) is 0 Å². The maximum Gasteiger partial charge on any atom is 0.316 e. The van der Waals surface area contributed by atoms with E-state index < -0.39 is 0 Å². The molecule has 1 aliphatic carbocycles. The van der Waals surface area contributed by atoms with Gasteiger partial charge in [-0.2, -0.15) is 0 Å². The SMILES string of the molecule is COc1ncc(CCC(=O)NC2CCCCCC2)cn1. The summed E-state index contributed by atoms with van der Waals surface area (Å²) in [5.74, 6) is 0.132. The van der Waals surface area contributed by atoms with E-state index >= 15 is 0 Å². The first kappa shape index (κ1) is 14.8. The van der Waals surface area contributed by atoms with E-state index in [-0.39, 0.29) is 5.91 Å². The van der Waals surface area contributed by atoms with Gasteiger partial charge in [0, 0.05) is 24.9 Å². The predicted octanol–water partition coefficient (Wildman–Crippen LogP) is 2.26. The molecule has 5 nitrogen and oxygen atoms in total. The minimum Gasteiger partial charge on any atom is -0.467 e. The Bertz CT molecular complexity index is 412. The maximum atomic E-state index is 11.9. The van der Waals surface area contributed by atoms with Crippen molar-refractivity contribution in [3.8, 4) is 6.01 Å². The first-order valence-electron chi connectivity index (χ1n) is 7.42. The number of hydrogen-bond donors (Lipinski definition) is 1. The van der Waals surface area contributed by atoms with Crippen LogP contribution in [0.2, 0.25) is 0 Å². The number of hydrogen-bond acceptors (Lipinski definition) is 4. The monoisotopic (exact) mass is 277 g/mol. The van der Waals surface area contributed by atoms with Crippen molar-refractivity contribution in [1.82, 2.24) is 15.3 Å². The van der Waals surface area contributed by atoms with Gasteiger partial charge in [0.05, 0.1) is 7.11 Å². The third kappa shape index (κ3) is 4.79. The zero-order chi connectivity index (χ0) is 14.2. The first-order chi connectivity index (χ1) is 9.78. The minimum absolute atomic E-state index is 0.132. The number of rotatable bonds is 5. The normalized spacial score (nSPS) is 16.4. The lowest BCUT2D eigenvalue weighted by atomic mass is 10.1. The molecule has 20 heavy (non-hydrogen) atoms. The summed E-state index contributed by atoms with van der Waals surface area (Å²) < 4.78 is 4.91. The van der Waals surface area contributed by atoms with E-state index in [9.17, 15) is 4.79 Å². The molecular weight excluding hydrogens is 254 g/mol. The van der Waals surface area contributed by atoms with Gasteiger partial charge < -0.3 is 10.1 Å². The van der Waals surface area contributed by atoms with Crippen LogP contribution in [-0.4, -0.2) is 29.0 Å². The third-order valence-corrected chi connectivity index (χ3v) is 3.73. The van der Waals surface area contributed by atoms with Crippen molar-refractivity contribution in [1.29, 1.82) is 0 Å². The molecule has 1 heterocycles. The average molecular weight is 277 g/mol. The largest absolute Gasteiger partial charge is 0.467 e. The van der Waals surface area contributed by atoms with Crippen LogP contribution >= 0.6 is 0 Å². The summed E-state index contributed by atoms with van der Waals surface area (Å²) in [6.45, 7) is 0. The molecule has 0 saturated heterocycles. The molecule has 1 aromatic rings. The summed E-state index contributed by atoms with van der Waals surface area (Å²) in [6, 6.07) is 0.730. The summed E-state index contributed by atoms with van der Waals surface area (Å²) in [5, 5.41) is 3.15. The van der Waals surface area contributed by atoms with E-state index in [1.54, 1.807) is 12.4 Å². The van der Waals surface area contributed by atoms with Gasteiger partial charge in [-0.25, -0.2) is 9.97 Å². The zero-order valence-corrected chi connectivity index (χ0v) is 12.1. The van der Waals surface area contributed by atoms with Crippen molar-refractivity contribution in [2.75, 3.05) is 7.11 Å². The number of aromatic nitrogens is 2. The van der Waals surface area contributed by atoms with Crippen molar-refractivity contribution in [2.45, 2.75) is 57.4 Å². The molecule has 0 bridgehead atoms. The zero-order valence-electron chi connectivity index (χ0n) is 12.1. The molecular formula is C15H23N3O2. The van der Waals surface area contributed by atoms with E-state index in [4.69, 9.17) is 4.74 Å². The number of methoxy groups -OCH3 is 1. The van der Waals surface area contributed by atoms with Crippen LogP contribution in [-0.2, 0) is 11.2 Å². The summed E-state index contributed by atoms with van der Waals surface area (Å²) in [6.07, 6.45) is 11.9. The molecule has 1 aliphatic rings. The molecule has 1 amide bonds. The van der Waals surface area contributed by atoms with Gasteiger partial charge in [0.2, 0.25) is 5.91 Å². The summed E-state index contributed by atoms with van der Waals surface area (Å²) >= 11 is 0. The second-order valence-electron chi connectivity index (χ2n) is 5.33. The average Bonchev–Trinajstić information content (AvgIpc) is 2.74. The standard InChI is InChI=1S/C15H23N3O2/c1-20-15-16-10-12(11-17-15)8-9-14(19)18-13-6-4-2-3-5-7-13/h10-11,13H,2-9H2,1H3,(H,18,19). The lowest BCUT2D eigenvalue weighted by molar-refractivity contribution is -0.121. The lowest BCUT2D eigenvalue weighted by Gasteiger charge is -2.16. The fourth-order valence-electron chi connectivity index (χ4n) is 2.56. The summed E-state index contributed by atoms with van der Waals surface area (Å²) in [5.41, 5.74) is 0.960. The fourth-order valence-corrected chi connectivity index (χ4v) is 2.56. The Morgan fingerprint density at radius 1 is 1.25 bits per heavy atom. The second-order valence-corrected chi connectivity index (χ2v) is 5.33. The van der Waals surface area contributed by atoms with Crippen LogP contribution in [0.1, 0.15) is 50.5 Å². The number of ether oxygens (including phenoxy) is 1. The highest BCUT2D eigenvalue weighted by molar-refractivity contribution is 5.76. The van der Waals surface area contributed by atoms with Crippen LogP contribution in [0.4, 0.5) is 0 Å². The van der Waals surface area contributed by atoms with Gasteiger partial charge in [-0.3, -0.25) is 4.79 Å². The molecule has 0 aromatic carbocycles. The number of aryl methyl sites for hydroxylation is 1. The summed E-state index contributed by atoms with van der Waals surface area (Å²) in [7, 11) is 1.54. The Balaban J connectivity index is 1.73. The highest BCUT2D eigenvalue weighted by atomic mass is 16.5. The van der Waals surface area contributed by atoms with Crippen molar-refractivity contribution < 1.29 is 9.53 Å². The Labute approximate surface area is 120 Å². The Hall–Kier alpha value is -1.65. The number of carbonyl (C=O) groups is 1. The van der Waals surface area contributed by atoms with Gasteiger partial charge in [-0.15, -0.1) is 0 Å². The quantitative estimate of drug-likeness (QED) is 0.838. The Morgan fingerprint density at radius 3 is 2.50 bits per heavy atom. The molecule has 0 radical (unpaired) electrons. The van der Waals surface area contributed by atoms with E-state index in [0.717, 1.165) is 18.4 Å². The van der Waals surface area contributed by atoms with E-state index in [0.29, 0.717) is 24.9 Å². The maximum absolute atomic E-state index is 11.9. The van der Waals surface area contributed by atoms with Crippen molar-refractivity contribution >= 4 is 5.91 Å². The number of nitrogens with zero attached hydrogens (tertiary/aromatic N) is 2. The molecule has 1 fully saturated rings. The first-order valence-corrected chi connectivity index (χ1v) is 7.42. The van der Waals surface area contributed by atoms with Crippen LogP contribution in [0.15, 0.2) is 12.4 Å². The number of nitrogens with one attached hydrogen (secondary N) is 1. The molecule has 5 heteroatoms. The molecule has 0 unspecified atom stereocenters. The van der Waals surface area contributed by atoms with Crippen LogP contribution in [0.25, 0.3) is 0 Å². The van der Waals surface area contributed by atoms with E-state index in [1.165, 1.54) is 32.8 Å². The van der Waals surface area contributed by atoms with Gasteiger partial charge in [0.25, 0.3) is 0 Å². The minimum atomic E-state index is 0.132. The molecule has 1 aromatic heterocycles. The van der Waals surface area contributed by atoms with Crippen LogP contribution in [0.5, 0.6) is 6.01 Å². The van der Waals surface area contributed by atoms with Gasteiger partial charge in [-0.1, -0.05) is 25.7 Å². The second kappa shape index (κ2) is 7.82. The van der Waals surface area contributed by atoms with E-state index in [2.05, 4.69) is 15.3 Å². The Morgan fingerprint density at radius 2 is 1.90 bits per heavy atom. The van der Waals surface area contributed by atoms with Crippen LogP contribution in [0, 0.1) is 0 Å². The smallest absolute Gasteiger partial charge is 0.316 e. The topological polar surface area (TPSA) is 64.1 Å². The molecule has 2 rings (SSSR count). The number of amides is 1. The van der Waals surface area contributed by atoms with Gasteiger partial charge >= 0.3 is 6.01 Å². The van der Waals surface area contributed by atoms with Gasteiger partial charge in [-0.05, 0) is 24.8 Å². The van der Waals surface area contributed by atoms with Crippen LogP contribution < -0.4 is 10.1 Å². The van der Waals surface area contributed by atoms with Crippen LogP contribution in [0.3, 0.4) is 0 Å². The fraction of sp³-hybridized carbons (Fsp3) is 0.667. The predicted molar refractivity (Wildman–Crippen MR) is 76.5 cm³/mol. The molecule has 0 spiro atoms. The molecule has 110 valence electrons. The van der Waals surface area contributed by atoms with Gasteiger partial charge in [0.1, 0.15) is 0 Å². The molecule has 1 saturated carbocycles. The van der Waals surface area contributed by atoms with Crippen molar-refractivity contribution in [3.05, 3.63) is 18.0 Å². The Kier molecular flexibility index (Phi) is 5.77. The molecule has 1 N–H and O–H groups in total. The third-order valence-electron chi connectivity index (χ3n) is 3.73. The highest BCUT2D eigenvalue weighted by Crippen LogP contribution is 2.17. The molecule has 0 atom stereocenters. The highest BCUT2D eigenvalue weighted by Gasteiger charge is 2.14. The van der Waals surface area contributed by atoms with Crippen molar-refractivity contribution in [3.63, 3.8) is 0 Å². The lowest BCUT2D eigenvalue weighted by Crippen LogP contribution is -2.34. The molecule has 0 aliphatic heterocycles.